The van der Waals surface area contributed by atoms with Gasteiger partial charge in [0.05, 0.1) is 15.6 Å². The molecular formula is C14H13Cl2N3. The number of rotatable bonds is 3. The number of anilines is 1. The smallest absolute Gasteiger partial charge is 0.223 e. The fraction of sp³-hybridized carbons (Fsp3) is 0.286. The molecule has 0 saturated heterocycles. The standard InChI is InChI=1S/C14H13Cl2N3/c15-11-4-3-10(9-12(11)16)14(5-1-6-14)19-13-17-7-2-8-18-13/h2-4,7-9H,1,5-6H2,(H,17,18,19). The molecule has 1 N–H and O–H groups in total. The lowest BCUT2D eigenvalue weighted by Crippen LogP contribution is -2.42. The van der Waals surface area contributed by atoms with Crippen LogP contribution in [0.3, 0.4) is 0 Å². The van der Waals surface area contributed by atoms with E-state index in [1.165, 1.54) is 6.42 Å². The highest BCUT2D eigenvalue weighted by Gasteiger charge is 2.39. The highest BCUT2D eigenvalue weighted by Crippen LogP contribution is 2.44. The van der Waals surface area contributed by atoms with Crippen LogP contribution in [0, 0.1) is 0 Å². The van der Waals surface area contributed by atoms with Gasteiger partial charge in [-0.05, 0) is 43.0 Å². The van der Waals surface area contributed by atoms with Gasteiger partial charge in [-0.15, -0.1) is 0 Å². The summed E-state index contributed by atoms with van der Waals surface area (Å²) in [7, 11) is 0. The monoisotopic (exact) mass is 293 g/mol. The highest BCUT2D eigenvalue weighted by molar-refractivity contribution is 6.42. The van der Waals surface area contributed by atoms with Crippen molar-refractivity contribution >= 4 is 29.2 Å². The molecule has 1 aromatic heterocycles. The van der Waals surface area contributed by atoms with Crippen LogP contribution < -0.4 is 5.32 Å². The van der Waals surface area contributed by atoms with Crippen molar-refractivity contribution in [3.63, 3.8) is 0 Å². The Morgan fingerprint density at radius 3 is 2.37 bits per heavy atom. The maximum Gasteiger partial charge on any atom is 0.223 e. The molecule has 1 fully saturated rings. The van der Waals surface area contributed by atoms with E-state index in [2.05, 4.69) is 15.3 Å². The summed E-state index contributed by atoms with van der Waals surface area (Å²) in [6, 6.07) is 7.59. The first-order valence-corrected chi connectivity index (χ1v) is 6.96. The first kappa shape index (κ1) is 12.7. The van der Waals surface area contributed by atoms with Crippen molar-refractivity contribution in [3.8, 4) is 0 Å². The van der Waals surface area contributed by atoms with Gasteiger partial charge in [-0.3, -0.25) is 0 Å². The van der Waals surface area contributed by atoms with Crippen LogP contribution in [0.1, 0.15) is 24.8 Å². The first-order chi connectivity index (χ1) is 9.20. The molecule has 1 saturated carbocycles. The molecule has 1 aliphatic rings. The SMILES string of the molecule is Clc1ccc(C2(Nc3ncccn3)CCC2)cc1Cl. The summed E-state index contributed by atoms with van der Waals surface area (Å²) < 4.78 is 0. The molecule has 5 heteroatoms. The number of hydrogen-bond acceptors (Lipinski definition) is 3. The molecule has 0 spiro atoms. The van der Waals surface area contributed by atoms with Crippen molar-refractivity contribution < 1.29 is 0 Å². The summed E-state index contributed by atoms with van der Waals surface area (Å²) >= 11 is 12.1. The molecule has 98 valence electrons. The number of aromatic nitrogens is 2. The van der Waals surface area contributed by atoms with Crippen LogP contribution in [0.15, 0.2) is 36.7 Å². The third-order valence-electron chi connectivity index (χ3n) is 3.60. The molecule has 3 nitrogen and oxygen atoms in total. The molecule has 0 atom stereocenters. The van der Waals surface area contributed by atoms with E-state index in [0.717, 1.165) is 18.4 Å². The average Bonchev–Trinajstić information content (AvgIpc) is 2.38. The van der Waals surface area contributed by atoms with Gasteiger partial charge in [-0.1, -0.05) is 29.3 Å². The Hall–Kier alpha value is -1.32. The molecule has 19 heavy (non-hydrogen) atoms. The molecule has 0 radical (unpaired) electrons. The fourth-order valence-corrected chi connectivity index (χ4v) is 2.69. The zero-order valence-electron chi connectivity index (χ0n) is 10.2. The third-order valence-corrected chi connectivity index (χ3v) is 4.34. The molecule has 0 unspecified atom stereocenters. The van der Waals surface area contributed by atoms with Crippen molar-refractivity contribution in [2.75, 3.05) is 5.32 Å². The van der Waals surface area contributed by atoms with Crippen molar-refractivity contribution in [1.29, 1.82) is 0 Å². The minimum Gasteiger partial charge on any atom is -0.345 e. The Morgan fingerprint density at radius 2 is 1.79 bits per heavy atom. The molecule has 3 rings (SSSR count). The molecule has 1 heterocycles. The van der Waals surface area contributed by atoms with Gasteiger partial charge in [-0.2, -0.15) is 0 Å². The van der Waals surface area contributed by atoms with Gasteiger partial charge in [-0.25, -0.2) is 9.97 Å². The van der Waals surface area contributed by atoms with Crippen LogP contribution in [0.5, 0.6) is 0 Å². The van der Waals surface area contributed by atoms with Crippen LogP contribution in [-0.4, -0.2) is 9.97 Å². The predicted octanol–water partition coefficient (Wildman–Crippen LogP) is 4.27. The van der Waals surface area contributed by atoms with Crippen LogP contribution in [-0.2, 0) is 5.54 Å². The quantitative estimate of drug-likeness (QED) is 0.918. The summed E-state index contributed by atoms with van der Waals surface area (Å²) in [5, 5.41) is 4.59. The van der Waals surface area contributed by atoms with Gasteiger partial charge in [0, 0.05) is 12.4 Å². The number of halogens is 2. The number of nitrogens with zero attached hydrogens (tertiary/aromatic N) is 2. The summed E-state index contributed by atoms with van der Waals surface area (Å²) in [6.07, 6.45) is 6.74. The number of benzene rings is 1. The van der Waals surface area contributed by atoms with E-state index in [9.17, 15) is 0 Å². The molecule has 1 aliphatic carbocycles. The van der Waals surface area contributed by atoms with E-state index in [0.29, 0.717) is 16.0 Å². The maximum atomic E-state index is 6.11. The Bertz CT molecular complexity index is 582. The van der Waals surface area contributed by atoms with E-state index in [1.54, 1.807) is 18.5 Å². The van der Waals surface area contributed by atoms with E-state index >= 15 is 0 Å². The van der Waals surface area contributed by atoms with Gasteiger partial charge in [0.1, 0.15) is 0 Å². The Kier molecular flexibility index (Phi) is 3.33. The lowest BCUT2D eigenvalue weighted by Gasteiger charge is -2.43. The van der Waals surface area contributed by atoms with Gasteiger partial charge >= 0.3 is 0 Å². The van der Waals surface area contributed by atoms with Gasteiger partial charge in [0.15, 0.2) is 0 Å². The second-order valence-electron chi connectivity index (χ2n) is 4.76. The van der Waals surface area contributed by atoms with Crippen molar-refractivity contribution in [2.24, 2.45) is 0 Å². The van der Waals surface area contributed by atoms with Crippen LogP contribution >= 0.6 is 23.2 Å². The minimum atomic E-state index is -0.115. The van der Waals surface area contributed by atoms with Gasteiger partial charge in [0.2, 0.25) is 5.95 Å². The molecule has 1 aromatic carbocycles. The summed E-state index contributed by atoms with van der Waals surface area (Å²) in [5.74, 6) is 0.647. The zero-order valence-corrected chi connectivity index (χ0v) is 11.7. The normalized spacial score (nSPS) is 16.7. The Morgan fingerprint density at radius 1 is 1.05 bits per heavy atom. The van der Waals surface area contributed by atoms with E-state index < -0.39 is 0 Å². The molecular weight excluding hydrogens is 281 g/mol. The maximum absolute atomic E-state index is 6.11. The predicted molar refractivity (Wildman–Crippen MR) is 77.6 cm³/mol. The first-order valence-electron chi connectivity index (χ1n) is 6.20. The highest BCUT2D eigenvalue weighted by atomic mass is 35.5. The summed E-state index contributed by atoms with van der Waals surface area (Å²) in [4.78, 5) is 8.46. The van der Waals surface area contributed by atoms with Crippen molar-refractivity contribution in [1.82, 2.24) is 9.97 Å². The Labute approximate surface area is 122 Å². The summed E-state index contributed by atoms with van der Waals surface area (Å²) in [6.45, 7) is 0. The Balaban J connectivity index is 1.92. The second kappa shape index (κ2) is 4.99. The lowest BCUT2D eigenvalue weighted by atomic mass is 9.72. The number of hydrogen-bond donors (Lipinski definition) is 1. The van der Waals surface area contributed by atoms with Crippen LogP contribution in [0.2, 0.25) is 10.0 Å². The fourth-order valence-electron chi connectivity index (χ4n) is 2.39. The van der Waals surface area contributed by atoms with Gasteiger partial charge in [0.25, 0.3) is 0 Å². The third kappa shape index (κ3) is 2.40. The van der Waals surface area contributed by atoms with Crippen molar-refractivity contribution in [3.05, 3.63) is 52.3 Å². The minimum absolute atomic E-state index is 0.115. The molecule has 0 amide bonds. The molecule has 0 bridgehead atoms. The number of nitrogens with one attached hydrogen (secondary N) is 1. The second-order valence-corrected chi connectivity index (χ2v) is 5.58. The van der Waals surface area contributed by atoms with Crippen LogP contribution in [0.25, 0.3) is 0 Å². The van der Waals surface area contributed by atoms with E-state index in [-0.39, 0.29) is 5.54 Å². The largest absolute Gasteiger partial charge is 0.345 e. The van der Waals surface area contributed by atoms with Crippen LogP contribution in [0.4, 0.5) is 5.95 Å². The summed E-state index contributed by atoms with van der Waals surface area (Å²) in [5.41, 5.74) is 1.02. The van der Waals surface area contributed by atoms with E-state index in [4.69, 9.17) is 23.2 Å². The van der Waals surface area contributed by atoms with Gasteiger partial charge < -0.3 is 5.32 Å². The molecule has 2 aromatic rings. The van der Waals surface area contributed by atoms with E-state index in [1.807, 2.05) is 18.2 Å². The molecule has 0 aliphatic heterocycles. The zero-order chi connectivity index (χ0) is 13.3. The van der Waals surface area contributed by atoms with Crippen molar-refractivity contribution in [2.45, 2.75) is 24.8 Å². The lowest BCUT2D eigenvalue weighted by molar-refractivity contribution is 0.282. The average molecular weight is 294 g/mol. The topological polar surface area (TPSA) is 37.8 Å².